The van der Waals surface area contributed by atoms with Crippen LogP contribution >= 0.6 is 12.0 Å². The molecule has 0 radical (unpaired) electrons. The van der Waals surface area contributed by atoms with Gasteiger partial charge in [-0.05, 0) is 50.2 Å². The molecule has 0 aliphatic carbocycles. The fourth-order valence-electron chi connectivity index (χ4n) is 2.86. The minimum Gasteiger partial charge on any atom is -0.441 e. The van der Waals surface area contributed by atoms with Gasteiger partial charge in [-0.25, -0.2) is 4.98 Å². The summed E-state index contributed by atoms with van der Waals surface area (Å²) in [5.41, 5.74) is 1.26. The SMILES string of the molecule is CC.Cc1ccc(SOCC(C)(C)c2nc(-c3ccc(C(F)(F)F)cc3)oc2C)cc1. The number of hydrogen-bond acceptors (Lipinski definition) is 4. The molecule has 31 heavy (non-hydrogen) atoms. The maximum absolute atomic E-state index is 12.8. The Balaban J connectivity index is 0.00000166. The van der Waals surface area contributed by atoms with E-state index in [0.29, 0.717) is 23.8 Å². The quantitative estimate of drug-likeness (QED) is 0.356. The summed E-state index contributed by atoms with van der Waals surface area (Å²) in [6.45, 7) is 12.2. The van der Waals surface area contributed by atoms with Crippen LogP contribution in [0.25, 0.3) is 11.5 Å². The van der Waals surface area contributed by atoms with Crippen molar-refractivity contribution in [3.05, 3.63) is 71.1 Å². The summed E-state index contributed by atoms with van der Waals surface area (Å²) < 4.78 is 49.8. The summed E-state index contributed by atoms with van der Waals surface area (Å²) in [7, 11) is 0. The van der Waals surface area contributed by atoms with Crippen LogP contribution in [0.1, 0.15) is 50.3 Å². The topological polar surface area (TPSA) is 35.3 Å². The van der Waals surface area contributed by atoms with Crippen molar-refractivity contribution < 1.29 is 21.8 Å². The maximum atomic E-state index is 12.8. The lowest BCUT2D eigenvalue weighted by atomic mass is 9.89. The standard InChI is InChI=1S/C22H22F3NO2S.C2H6/c1-14-5-11-18(12-6-14)29-27-13-21(3,4)19-15(2)28-20(26-19)16-7-9-17(10-8-16)22(23,24)25;1-2/h5-12H,13H2,1-4H3;1-2H3. The third-order valence-corrected chi connectivity index (χ3v) is 5.19. The predicted octanol–water partition coefficient (Wildman–Crippen LogP) is 8.00. The van der Waals surface area contributed by atoms with Crippen molar-refractivity contribution in [2.24, 2.45) is 0 Å². The summed E-state index contributed by atoms with van der Waals surface area (Å²) >= 11 is 1.30. The van der Waals surface area contributed by atoms with Crippen molar-refractivity contribution in [3.8, 4) is 11.5 Å². The van der Waals surface area contributed by atoms with E-state index >= 15 is 0 Å². The van der Waals surface area contributed by atoms with E-state index in [1.54, 1.807) is 6.92 Å². The molecule has 0 amide bonds. The highest BCUT2D eigenvalue weighted by atomic mass is 32.2. The lowest BCUT2D eigenvalue weighted by molar-refractivity contribution is -0.137. The molecule has 0 unspecified atom stereocenters. The molecule has 2 aromatic carbocycles. The Morgan fingerprint density at radius 2 is 1.52 bits per heavy atom. The van der Waals surface area contributed by atoms with Gasteiger partial charge in [-0.3, -0.25) is 0 Å². The number of halogens is 3. The van der Waals surface area contributed by atoms with Crippen LogP contribution in [-0.4, -0.2) is 11.6 Å². The van der Waals surface area contributed by atoms with Gasteiger partial charge < -0.3 is 8.60 Å². The van der Waals surface area contributed by atoms with Crippen LogP contribution in [0.15, 0.2) is 57.8 Å². The molecular weight excluding hydrogens is 423 g/mol. The first-order valence-electron chi connectivity index (χ1n) is 10.1. The van der Waals surface area contributed by atoms with Crippen LogP contribution < -0.4 is 0 Å². The van der Waals surface area contributed by atoms with Crippen molar-refractivity contribution in [2.45, 2.75) is 58.0 Å². The second kappa shape index (κ2) is 10.4. The van der Waals surface area contributed by atoms with E-state index in [9.17, 15) is 13.2 Å². The molecule has 0 saturated heterocycles. The molecule has 0 fully saturated rings. The van der Waals surface area contributed by atoms with Crippen LogP contribution in [0, 0.1) is 13.8 Å². The lowest BCUT2D eigenvalue weighted by Gasteiger charge is -2.21. The second-order valence-corrected chi connectivity index (χ2v) is 8.42. The Hall–Kier alpha value is -2.25. The van der Waals surface area contributed by atoms with E-state index in [1.807, 2.05) is 58.9 Å². The average molecular weight is 452 g/mol. The van der Waals surface area contributed by atoms with Gasteiger partial charge in [0.15, 0.2) is 0 Å². The zero-order chi connectivity index (χ0) is 23.2. The summed E-state index contributed by atoms with van der Waals surface area (Å²) in [4.78, 5) is 5.55. The third-order valence-electron chi connectivity index (χ3n) is 4.49. The van der Waals surface area contributed by atoms with E-state index in [2.05, 4.69) is 4.98 Å². The van der Waals surface area contributed by atoms with Gasteiger partial charge in [0, 0.05) is 27.9 Å². The monoisotopic (exact) mass is 451 g/mol. The van der Waals surface area contributed by atoms with Gasteiger partial charge in [0.2, 0.25) is 5.89 Å². The minimum atomic E-state index is -4.37. The Kier molecular flexibility index (Phi) is 8.37. The van der Waals surface area contributed by atoms with Gasteiger partial charge >= 0.3 is 6.18 Å². The fraction of sp³-hybridized carbons (Fsp3) is 0.375. The van der Waals surface area contributed by atoms with Gasteiger partial charge in [0.05, 0.1) is 17.9 Å². The van der Waals surface area contributed by atoms with Gasteiger partial charge in [-0.1, -0.05) is 45.4 Å². The number of benzene rings is 2. The third kappa shape index (κ3) is 6.61. The highest BCUT2D eigenvalue weighted by Gasteiger charge is 2.31. The Morgan fingerprint density at radius 1 is 0.935 bits per heavy atom. The largest absolute Gasteiger partial charge is 0.441 e. The number of nitrogens with zero attached hydrogens (tertiary/aromatic N) is 1. The first-order valence-corrected chi connectivity index (χ1v) is 10.8. The first kappa shape index (κ1) is 25.0. The molecule has 0 spiro atoms. The van der Waals surface area contributed by atoms with Gasteiger partial charge in [-0.15, -0.1) is 0 Å². The van der Waals surface area contributed by atoms with Gasteiger partial charge in [-0.2, -0.15) is 13.2 Å². The number of oxazole rings is 1. The van der Waals surface area contributed by atoms with E-state index in [0.717, 1.165) is 22.7 Å². The molecule has 0 atom stereocenters. The molecule has 3 nitrogen and oxygen atoms in total. The molecule has 7 heteroatoms. The van der Waals surface area contributed by atoms with Crippen LogP contribution in [-0.2, 0) is 15.8 Å². The Morgan fingerprint density at radius 3 is 2.06 bits per heavy atom. The van der Waals surface area contributed by atoms with E-state index in [4.69, 9.17) is 8.60 Å². The molecule has 0 aliphatic heterocycles. The molecule has 3 rings (SSSR count). The van der Waals surface area contributed by atoms with Crippen molar-refractivity contribution in [1.82, 2.24) is 4.98 Å². The van der Waals surface area contributed by atoms with E-state index in [1.165, 1.54) is 29.7 Å². The molecule has 0 saturated carbocycles. The molecule has 1 aromatic heterocycles. The van der Waals surface area contributed by atoms with Crippen LogP contribution in [0.5, 0.6) is 0 Å². The molecular formula is C24H28F3NO2S. The minimum absolute atomic E-state index is 0.297. The molecule has 0 aliphatic rings. The molecule has 3 aromatic rings. The van der Waals surface area contributed by atoms with Gasteiger partial charge in [0.25, 0.3) is 0 Å². The van der Waals surface area contributed by atoms with E-state index in [-0.39, 0.29) is 0 Å². The zero-order valence-corrected chi connectivity index (χ0v) is 19.4. The van der Waals surface area contributed by atoms with Crippen LogP contribution in [0.3, 0.4) is 0 Å². The van der Waals surface area contributed by atoms with Crippen molar-refractivity contribution in [2.75, 3.05) is 6.61 Å². The molecule has 0 N–H and O–H groups in total. The summed E-state index contributed by atoms with van der Waals surface area (Å²) in [5, 5.41) is 0. The summed E-state index contributed by atoms with van der Waals surface area (Å²) in [6, 6.07) is 12.8. The zero-order valence-electron chi connectivity index (χ0n) is 18.6. The molecule has 1 heterocycles. The van der Waals surface area contributed by atoms with Crippen molar-refractivity contribution in [1.29, 1.82) is 0 Å². The highest BCUT2D eigenvalue weighted by Crippen LogP contribution is 2.34. The fourth-order valence-corrected chi connectivity index (χ4v) is 3.59. The summed E-state index contributed by atoms with van der Waals surface area (Å²) in [6.07, 6.45) is -4.37. The normalized spacial score (nSPS) is 11.8. The number of rotatable bonds is 6. The van der Waals surface area contributed by atoms with Crippen LogP contribution in [0.2, 0.25) is 0 Å². The maximum Gasteiger partial charge on any atom is 0.416 e. The molecule has 168 valence electrons. The number of hydrogen-bond donors (Lipinski definition) is 0. The smallest absolute Gasteiger partial charge is 0.416 e. The second-order valence-electron chi connectivity index (χ2n) is 7.54. The van der Waals surface area contributed by atoms with Crippen molar-refractivity contribution in [3.63, 3.8) is 0 Å². The van der Waals surface area contributed by atoms with Crippen molar-refractivity contribution >= 4 is 12.0 Å². The summed E-state index contributed by atoms with van der Waals surface area (Å²) in [5.74, 6) is 0.916. The van der Waals surface area contributed by atoms with Gasteiger partial charge in [0.1, 0.15) is 5.76 Å². The lowest BCUT2D eigenvalue weighted by Crippen LogP contribution is -2.24. The van der Waals surface area contributed by atoms with Crippen LogP contribution in [0.4, 0.5) is 13.2 Å². The predicted molar refractivity (Wildman–Crippen MR) is 119 cm³/mol. The number of alkyl halides is 3. The number of aryl methyl sites for hydroxylation is 2. The number of aromatic nitrogens is 1. The Bertz CT molecular complexity index is 962. The highest BCUT2D eigenvalue weighted by molar-refractivity contribution is 7.94. The Labute approximate surface area is 186 Å². The average Bonchev–Trinajstić information content (AvgIpc) is 3.13. The van der Waals surface area contributed by atoms with E-state index < -0.39 is 17.2 Å². The molecule has 0 bridgehead atoms. The first-order chi connectivity index (χ1) is 14.6.